The van der Waals surface area contributed by atoms with E-state index in [-0.39, 0.29) is 17.6 Å². The molecule has 0 radical (unpaired) electrons. The molecular formula is C22H23BrN4O2S. The number of rotatable bonds is 6. The minimum Gasteiger partial charge on any atom is -0.342 e. The number of aromatic amines is 1. The fourth-order valence-electron chi connectivity index (χ4n) is 3.65. The molecular weight excluding hydrogens is 464 g/mol. The standard InChI is InChI=1S/C22H23BrN4O2S/c23-16-4-3-5-17(12-16)24-20(28)13-30-14-21(29)27-10-8-15(9-11-27)22-25-18-6-1-2-7-19(18)26-22/h1-7,12,15H,8-11,13-14H2,(H,24,28)(H,25,26). The first-order valence-electron chi connectivity index (χ1n) is 9.94. The van der Waals surface area contributed by atoms with Crippen LogP contribution in [-0.2, 0) is 9.59 Å². The van der Waals surface area contributed by atoms with Crippen LogP contribution < -0.4 is 5.32 Å². The molecule has 2 N–H and O–H groups in total. The normalized spacial score (nSPS) is 14.8. The van der Waals surface area contributed by atoms with Crippen molar-refractivity contribution in [1.82, 2.24) is 14.9 Å². The lowest BCUT2D eigenvalue weighted by atomic mass is 9.96. The summed E-state index contributed by atoms with van der Waals surface area (Å²) in [5.41, 5.74) is 2.79. The fraction of sp³-hybridized carbons (Fsp3) is 0.318. The van der Waals surface area contributed by atoms with E-state index < -0.39 is 0 Å². The Labute approximate surface area is 188 Å². The Balaban J connectivity index is 1.20. The number of halogens is 1. The van der Waals surface area contributed by atoms with Gasteiger partial charge in [0, 0.05) is 29.2 Å². The third kappa shape index (κ3) is 5.23. The van der Waals surface area contributed by atoms with Gasteiger partial charge in [0.05, 0.1) is 22.5 Å². The lowest BCUT2D eigenvalue weighted by molar-refractivity contribution is -0.129. The van der Waals surface area contributed by atoms with Crippen molar-refractivity contribution >= 4 is 56.2 Å². The number of para-hydroxylation sites is 2. The van der Waals surface area contributed by atoms with Crippen LogP contribution in [0.5, 0.6) is 0 Å². The Morgan fingerprint density at radius 2 is 1.93 bits per heavy atom. The van der Waals surface area contributed by atoms with Crippen LogP contribution in [0, 0.1) is 0 Å². The third-order valence-corrected chi connectivity index (χ3v) is 6.62. The zero-order valence-electron chi connectivity index (χ0n) is 16.4. The van der Waals surface area contributed by atoms with Crippen LogP contribution in [0.3, 0.4) is 0 Å². The summed E-state index contributed by atoms with van der Waals surface area (Å²) in [5, 5.41) is 2.85. The Bertz CT molecular complexity index is 1010. The summed E-state index contributed by atoms with van der Waals surface area (Å²) in [6.45, 7) is 1.46. The topological polar surface area (TPSA) is 78.1 Å². The summed E-state index contributed by atoms with van der Waals surface area (Å²) in [4.78, 5) is 34.6. The second-order valence-corrected chi connectivity index (χ2v) is 9.25. The predicted molar refractivity (Wildman–Crippen MR) is 125 cm³/mol. The number of hydrogen-bond donors (Lipinski definition) is 2. The lowest BCUT2D eigenvalue weighted by Crippen LogP contribution is -2.39. The molecule has 1 aliphatic heterocycles. The summed E-state index contributed by atoms with van der Waals surface area (Å²) >= 11 is 4.74. The number of aromatic nitrogens is 2. The van der Waals surface area contributed by atoms with Gasteiger partial charge >= 0.3 is 0 Å². The minimum absolute atomic E-state index is 0.0957. The molecule has 2 heterocycles. The molecule has 4 rings (SSSR count). The number of hydrogen-bond acceptors (Lipinski definition) is 4. The van der Waals surface area contributed by atoms with Crippen LogP contribution in [0.25, 0.3) is 11.0 Å². The summed E-state index contributed by atoms with van der Waals surface area (Å²) in [5.74, 6) is 1.94. The van der Waals surface area contributed by atoms with E-state index in [1.165, 1.54) is 11.8 Å². The number of anilines is 1. The Morgan fingerprint density at radius 3 is 2.70 bits per heavy atom. The van der Waals surface area contributed by atoms with E-state index >= 15 is 0 Å². The number of carbonyl (C=O) groups excluding carboxylic acids is 2. The van der Waals surface area contributed by atoms with Crippen LogP contribution in [-0.4, -0.2) is 51.3 Å². The van der Waals surface area contributed by atoms with E-state index in [0.29, 0.717) is 11.7 Å². The summed E-state index contributed by atoms with van der Waals surface area (Å²) in [6.07, 6.45) is 1.80. The molecule has 1 saturated heterocycles. The lowest BCUT2D eigenvalue weighted by Gasteiger charge is -2.31. The average molecular weight is 487 g/mol. The number of imidazole rings is 1. The van der Waals surface area contributed by atoms with E-state index in [1.807, 2.05) is 53.4 Å². The predicted octanol–water partition coefficient (Wildman–Crippen LogP) is 4.40. The molecule has 2 amide bonds. The average Bonchev–Trinajstić information content (AvgIpc) is 3.18. The van der Waals surface area contributed by atoms with Crippen LogP contribution in [0.15, 0.2) is 53.0 Å². The highest BCUT2D eigenvalue weighted by atomic mass is 79.9. The number of benzene rings is 2. The summed E-state index contributed by atoms with van der Waals surface area (Å²) < 4.78 is 0.911. The molecule has 0 bridgehead atoms. The first-order chi connectivity index (χ1) is 14.6. The van der Waals surface area contributed by atoms with Crippen molar-refractivity contribution in [2.75, 3.05) is 29.9 Å². The van der Waals surface area contributed by atoms with Gasteiger partial charge in [-0.15, -0.1) is 11.8 Å². The van der Waals surface area contributed by atoms with Crippen LogP contribution in [0.4, 0.5) is 5.69 Å². The van der Waals surface area contributed by atoms with Gasteiger partial charge in [-0.1, -0.05) is 34.1 Å². The van der Waals surface area contributed by atoms with Gasteiger partial charge in [-0.25, -0.2) is 4.98 Å². The SMILES string of the molecule is O=C(CSCC(=O)N1CCC(c2nc3ccccc3[nH]2)CC1)Nc1cccc(Br)c1. The van der Waals surface area contributed by atoms with E-state index in [9.17, 15) is 9.59 Å². The molecule has 6 nitrogen and oxygen atoms in total. The molecule has 1 aliphatic rings. The van der Waals surface area contributed by atoms with Gasteiger partial charge in [0.1, 0.15) is 5.82 Å². The Morgan fingerprint density at radius 1 is 1.13 bits per heavy atom. The smallest absolute Gasteiger partial charge is 0.234 e. The van der Waals surface area contributed by atoms with E-state index in [4.69, 9.17) is 4.98 Å². The molecule has 0 atom stereocenters. The molecule has 3 aromatic rings. The van der Waals surface area contributed by atoms with Gasteiger partial charge in [-0.05, 0) is 43.2 Å². The van der Waals surface area contributed by atoms with E-state index in [2.05, 4.69) is 26.2 Å². The molecule has 1 aromatic heterocycles. The first-order valence-corrected chi connectivity index (χ1v) is 11.9. The molecule has 0 saturated carbocycles. The highest BCUT2D eigenvalue weighted by Gasteiger charge is 2.25. The van der Waals surface area contributed by atoms with Crippen molar-refractivity contribution in [2.24, 2.45) is 0 Å². The van der Waals surface area contributed by atoms with Gasteiger partial charge in [-0.3, -0.25) is 9.59 Å². The Hall–Kier alpha value is -2.32. The van der Waals surface area contributed by atoms with Crippen LogP contribution in [0.2, 0.25) is 0 Å². The largest absolute Gasteiger partial charge is 0.342 e. The summed E-state index contributed by atoms with van der Waals surface area (Å²) in [7, 11) is 0. The maximum atomic E-state index is 12.5. The Kier molecular flexibility index (Phi) is 6.74. The molecule has 0 unspecified atom stereocenters. The van der Waals surface area contributed by atoms with Gasteiger partial charge in [0.2, 0.25) is 11.8 Å². The van der Waals surface area contributed by atoms with Gasteiger partial charge in [0.25, 0.3) is 0 Å². The van der Waals surface area contributed by atoms with Crippen molar-refractivity contribution < 1.29 is 9.59 Å². The van der Waals surface area contributed by atoms with Crippen molar-refractivity contribution in [1.29, 1.82) is 0 Å². The van der Waals surface area contributed by atoms with Gasteiger partial charge in [-0.2, -0.15) is 0 Å². The number of thioether (sulfide) groups is 1. The highest BCUT2D eigenvalue weighted by molar-refractivity contribution is 9.10. The second-order valence-electron chi connectivity index (χ2n) is 7.35. The third-order valence-electron chi connectivity index (χ3n) is 5.21. The molecule has 2 aromatic carbocycles. The number of fused-ring (bicyclic) bond motifs is 1. The number of H-pyrrole nitrogens is 1. The zero-order valence-corrected chi connectivity index (χ0v) is 18.8. The molecule has 0 spiro atoms. The van der Waals surface area contributed by atoms with Crippen LogP contribution >= 0.6 is 27.7 Å². The summed E-state index contributed by atoms with van der Waals surface area (Å²) in [6, 6.07) is 15.5. The first kappa shape index (κ1) is 20.9. The molecule has 0 aliphatic carbocycles. The van der Waals surface area contributed by atoms with E-state index in [0.717, 1.165) is 52.9 Å². The highest BCUT2D eigenvalue weighted by Crippen LogP contribution is 2.28. The number of carbonyl (C=O) groups is 2. The quantitative estimate of drug-likeness (QED) is 0.540. The van der Waals surface area contributed by atoms with Crippen molar-refractivity contribution in [3.8, 4) is 0 Å². The molecule has 1 fully saturated rings. The van der Waals surface area contributed by atoms with E-state index in [1.54, 1.807) is 0 Å². The zero-order chi connectivity index (χ0) is 20.9. The molecule has 30 heavy (non-hydrogen) atoms. The monoisotopic (exact) mass is 486 g/mol. The van der Waals surface area contributed by atoms with Crippen molar-refractivity contribution in [2.45, 2.75) is 18.8 Å². The maximum absolute atomic E-state index is 12.5. The fourth-order valence-corrected chi connectivity index (χ4v) is 4.77. The van der Waals surface area contributed by atoms with Gasteiger partial charge in [0.15, 0.2) is 0 Å². The number of amides is 2. The van der Waals surface area contributed by atoms with Crippen LogP contribution in [0.1, 0.15) is 24.6 Å². The maximum Gasteiger partial charge on any atom is 0.234 e. The second kappa shape index (κ2) is 9.66. The van der Waals surface area contributed by atoms with Gasteiger partial charge < -0.3 is 15.2 Å². The number of nitrogens with zero attached hydrogens (tertiary/aromatic N) is 2. The number of piperidine rings is 1. The molecule has 8 heteroatoms. The number of likely N-dealkylation sites (tertiary alicyclic amines) is 1. The minimum atomic E-state index is -0.102. The van der Waals surface area contributed by atoms with Crippen molar-refractivity contribution in [3.05, 3.63) is 58.8 Å². The number of nitrogens with one attached hydrogen (secondary N) is 2. The molecule has 156 valence electrons. The van der Waals surface area contributed by atoms with Crippen molar-refractivity contribution in [3.63, 3.8) is 0 Å².